The first kappa shape index (κ1) is 13.1. The Hall–Kier alpha value is -0.920. The zero-order valence-electron chi connectivity index (χ0n) is 10.4. The van der Waals surface area contributed by atoms with E-state index in [0.29, 0.717) is 5.69 Å². The Morgan fingerprint density at radius 1 is 1.53 bits per heavy atom. The summed E-state index contributed by atoms with van der Waals surface area (Å²) in [4.78, 5) is 23.1. The Labute approximate surface area is 123 Å². The second-order valence-electron chi connectivity index (χ2n) is 4.23. The van der Waals surface area contributed by atoms with Crippen molar-refractivity contribution in [2.75, 3.05) is 12.8 Å². The lowest BCUT2D eigenvalue weighted by Gasteiger charge is -2.22. The molecule has 4 nitrogen and oxygen atoms in total. The average molecular weight is 311 g/mol. The second kappa shape index (κ2) is 5.60. The highest BCUT2D eigenvalue weighted by Gasteiger charge is 2.33. The number of likely N-dealkylation sites (tertiary alicyclic amines) is 1. The van der Waals surface area contributed by atoms with E-state index >= 15 is 0 Å². The molecule has 1 aliphatic rings. The van der Waals surface area contributed by atoms with Crippen LogP contribution in [-0.2, 0) is 0 Å². The normalized spacial score (nSPS) is 19.0. The first-order chi connectivity index (χ1) is 9.29. The van der Waals surface area contributed by atoms with Crippen LogP contribution >= 0.6 is 34.4 Å². The summed E-state index contributed by atoms with van der Waals surface area (Å²) in [6.07, 6.45) is 5.81. The lowest BCUT2D eigenvalue weighted by Crippen LogP contribution is -2.30. The third-order valence-corrected chi connectivity index (χ3v) is 5.87. The third-order valence-electron chi connectivity index (χ3n) is 3.13. The maximum absolute atomic E-state index is 12.5. The van der Waals surface area contributed by atoms with Crippen molar-refractivity contribution in [1.82, 2.24) is 14.9 Å². The van der Waals surface area contributed by atoms with Crippen LogP contribution in [0.2, 0.25) is 0 Å². The van der Waals surface area contributed by atoms with Gasteiger partial charge in [0, 0.05) is 23.5 Å². The summed E-state index contributed by atoms with van der Waals surface area (Å²) >= 11 is 4.72. The van der Waals surface area contributed by atoms with Gasteiger partial charge in [-0.05, 0) is 19.1 Å². The fourth-order valence-corrected chi connectivity index (χ4v) is 4.28. The zero-order valence-corrected chi connectivity index (χ0v) is 12.9. The Bertz CT molecular complexity index is 567. The van der Waals surface area contributed by atoms with Crippen molar-refractivity contribution in [3.8, 4) is 0 Å². The van der Waals surface area contributed by atoms with Gasteiger partial charge in [0.2, 0.25) is 0 Å². The molecule has 0 N–H and O–H groups in total. The quantitative estimate of drug-likeness (QED) is 0.816. The molecule has 0 radical (unpaired) electrons. The van der Waals surface area contributed by atoms with Gasteiger partial charge in [-0.1, -0.05) is 11.8 Å². The molecule has 0 saturated carbocycles. The van der Waals surface area contributed by atoms with Crippen molar-refractivity contribution in [3.63, 3.8) is 0 Å². The molecule has 1 aliphatic heterocycles. The summed E-state index contributed by atoms with van der Waals surface area (Å²) in [7, 11) is 0. The average Bonchev–Trinajstić information content (AvgIpc) is 3.16. The minimum atomic E-state index is 0.0363. The maximum atomic E-state index is 12.5. The maximum Gasteiger partial charge on any atom is 0.273 e. The standard InChI is InChI=1S/C12H13N3OS3/c1-17-12-14-8(7-19-12)11(16)15-5-2-3-9(15)10-13-4-6-18-10/h4,6-7,9H,2-3,5H2,1H3. The monoisotopic (exact) mass is 311 g/mol. The highest BCUT2D eigenvalue weighted by atomic mass is 32.2. The fourth-order valence-electron chi connectivity index (χ4n) is 2.26. The van der Waals surface area contributed by atoms with Gasteiger partial charge in [0.15, 0.2) is 0 Å². The molecule has 3 rings (SSSR count). The number of hydrogen-bond acceptors (Lipinski definition) is 6. The first-order valence-electron chi connectivity index (χ1n) is 5.99. The number of carbonyl (C=O) groups excluding carboxylic acids is 1. The van der Waals surface area contributed by atoms with Gasteiger partial charge in [0.05, 0.1) is 6.04 Å². The molecule has 0 aromatic carbocycles. The molecule has 2 aromatic rings. The summed E-state index contributed by atoms with van der Waals surface area (Å²) in [5, 5.41) is 4.85. The molecule has 1 fully saturated rings. The number of nitrogens with zero attached hydrogens (tertiary/aromatic N) is 3. The van der Waals surface area contributed by atoms with Crippen molar-refractivity contribution < 1.29 is 4.79 Å². The predicted molar refractivity (Wildman–Crippen MR) is 79.0 cm³/mol. The molecule has 0 spiro atoms. The van der Waals surface area contributed by atoms with E-state index in [0.717, 1.165) is 28.7 Å². The van der Waals surface area contributed by atoms with Crippen LogP contribution in [0.4, 0.5) is 0 Å². The number of amides is 1. The SMILES string of the molecule is CSc1nc(C(=O)N2CCCC2c2nccs2)cs1. The van der Waals surface area contributed by atoms with Gasteiger partial charge in [-0.25, -0.2) is 9.97 Å². The van der Waals surface area contributed by atoms with Crippen molar-refractivity contribution in [2.24, 2.45) is 0 Å². The van der Waals surface area contributed by atoms with E-state index in [1.54, 1.807) is 29.3 Å². The van der Waals surface area contributed by atoms with Crippen LogP contribution in [-0.4, -0.2) is 33.6 Å². The van der Waals surface area contributed by atoms with Crippen LogP contribution < -0.4 is 0 Å². The molecule has 100 valence electrons. The van der Waals surface area contributed by atoms with Gasteiger partial charge in [-0.15, -0.1) is 22.7 Å². The lowest BCUT2D eigenvalue weighted by molar-refractivity contribution is 0.0730. The van der Waals surface area contributed by atoms with Crippen LogP contribution in [0.3, 0.4) is 0 Å². The number of rotatable bonds is 3. The smallest absolute Gasteiger partial charge is 0.273 e. The summed E-state index contributed by atoms with van der Waals surface area (Å²) in [5.74, 6) is 0.0363. The van der Waals surface area contributed by atoms with Gasteiger partial charge in [0.1, 0.15) is 15.0 Å². The topological polar surface area (TPSA) is 46.1 Å². The third kappa shape index (κ3) is 2.54. The van der Waals surface area contributed by atoms with Crippen LogP contribution in [0.1, 0.15) is 34.4 Å². The van der Waals surface area contributed by atoms with Crippen LogP contribution in [0, 0.1) is 0 Å². The molecule has 2 aromatic heterocycles. The van der Waals surface area contributed by atoms with Gasteiger partial charge < -0.3 is 4.90 Å². The van der Waals surface area contributed by atoms with E-state index in [1.807, 2.05) is 21.9 Å². The van der Waals surface area contributed by atoms with Gasteiger partial charge in [0.25, 0.3) is 5.91 Å². The first-order valence-corrected chi connectivity index (χ1v) is 8.98. The number of hydrogen-bond donors (Lipinski definition) is 0. The van der Waals surface area contributed by atoms with E-state index in [2.05, 4.69) is 9.97 Å². The number of carbonyl (C=O) groups is 1. The van der Waals surface area contributed by atoms with E-state index in [1.165, 1.54) is 11.3 Å². The van der Waals surface area contributed by atoms with Crippen LogP contribution in [0.15, 0.2) is 21.3 Å². The molecule has 19 heavy (non-hydrogen) atoms. The largest absolute Gasteiger partial charge is 0.328 e. The highest BCUT2D eigenvalue weighted by molar-refractivity contribution is 8.00. The minimum Gasteiger partial charge on any atom is -0.328 e. The van der Waals surface area contributed by atoms with E-state index in [-0.39, 0.29) is 11.9 Å². The van der Waals surface area contributed by atoms with Gasteiger partial charge >= 0.3 is 0 Å². The predicted octanol–water partition coefficient (Wildman–Crippen LogP) is 3.30. The van der Waals surface area contributed by atoms with Gasteiger partial charge in [-0.3, -0.25) is 4.79 Å². The van der Waals surface area contributed by atoms with Gasteiger partial charge in [-0.2, -0.15) is 0 Å². The Kier molecular flexibility index (Phi) is 3.86. The summed E-state index contributed by atoms with van der Waals surface area (Å²) in [6, 6.07) is 0.131. The van der Waals surface area contributed by atoms with Crippen LogP contribution in [0.25, 0.3) is 0 Å². The number of aromatic nitrogens is 2. The molecular weight excluding hydrogens is 298 g/mol. The van der Waals surface area contributed by atoms with Crippen molar-refractivity contribution in [1.29, 1.82) is 0 Å². The highest BCUT2D eigenvalue weighted by Crippen LogP contribution is 2.34. The fraction of sp³-hybridized carbons (Fsp3) is 0.417. The Morgan fingerprint density at radius 3 is 3.11 bits per heavy atom. The molecule has 7 heteroatoms. The summed E-state index contributed by atoms with van der Waals surface area (Å²) in [6.45, 7) is 0.801. The Balaban J connectivity index is 1.82. The minimum absolute atomic E-state index is 0.0363. The molecule has 0 aliphatic carbocycles. The Morgan fingerprint density at radius 2 is 2.42 bits per heavy atom. The molecule has 1 amide bonds. The second-order valence-corrected chi connectivity index (χ2v) is 7.07. The van der Waals surface area contributed by atoms with E-state index in [4.69, 9.17) is 0 Å². The molecule has 1 atom stereocenters. The van der Waals surface area contributed by atoms with E-state index in [9.17, 15) is 4.79 Å². The number of thioether (sulfide) groups is 1. The number of thiazole rings is 2. The van der Waals surface area contributed by atoms with Crippen molar-refractivity contribution in [2.45, 2.75) is 23.2 Å². The van der Waals surface area contributed by atoms with Crippen molar-refractivity contribution >= 4 is 40.3 Å². The van der Waals surface area contributed by atoms with Crippen molar-refractivity contribution in [3.05, 3.63) is 27.7 Å². The lowest BCUT2D eigenvalue weighted by atomic mass is 10.2. The zero-order chi connectivity index (χ0) is 13.2. The molecule has 3 heterocycles. The van der Waals surface area contributed by atoms with E-state index < -0.39 is 0 Å². The van der Waals surface area contributed by atoms with Crippen LogP contribution in [0.5, 0.6) is 0 Å². The molecule has 1 unspecified atom stereocenters. The molecule has 1 saturated heterocycles. The molecular formula is C12H13N3OS3. The molecule has 0 bridgehead atoms. The summed E-state index contributed by atoms with van der Waals surface area (Å²) < 4.78 is 0.938. The summed E-state index contributed by atoms with van der Waals surface area (Å²) in [5.41, 5.74) is 0.567.